The van der Waals surface area contributed by atoms with E-state index in [0.29, 0.717) is 5.75 Å². The molecule has 1 aromatic carbocycles. The van der Waals surface area contributed by atoms with E-state index in [1.165, 1.54) is 5.56 Å². The molecule has 0 aliphatic rings. The molecule has 1 aromatic rings. The fourth-order valence-electron chi connectivity index (χ4n) is 1.58. The minimum absolute atomic E-state index is 0.369. The van der Waals surface area contributed by atoms with E-state index in [0.717, 1.165) is 31.9 Å². The van der Waals surface area contributed by atoms with Crippen molar-refractivity contribution in [1.29, 1.82) is 0 Å². The average molecular weight is 223 g/mol. The lowest BCUT2D eigenvalue weighted by atomic mass is 10.1. The van der Waals surface area contributed by atoms with E-state index < -0.39 is 0 Å². The lowest BCUT2D eigenvalue weighted by Gasteiger charge is -2.17. The molecule has 90 valence electrons. The second-order valence-electron chi connectivity index (χ2n) is 4.07. The van der Waals surface area contributed by atoms with Gasteiger partial charge in [-0.1, -0.05) is 17.7 Å². The van der Waals surface area contributed by atoms with Gasteiger partial charge in [-0.25, -0.2) is 0 Å². The standard InChI is InChI=1S/C13H21NO2/c1-4-16-8-7-14(3)10-12-9-11(2)5-6-13(12)15/h5-6,9,15H,4,7-8,10H2,1-3H3. The molecule has 0 bridgehead atoms. The Balaban J connectivity index is 2.48. The number of rotatable bonds is 6. The second kappa shape index (κ2) is 6.51. The second-order valence-corrected chi connectivity index (χ2v) is 4.07. The number of benzene rings is 1. The number of phenolic OH excluding ortho intramolecular Hbond substituents is 1. The van der Waals surface area contributed by atoms with E-state index in [4.69, 9.17) is 4.74 Å². The summed E-state index contributed by atoms with van der Waals surface area (Å²) in [7, 11) is 2.03. The maximum absolute atomic E-state index is 9.70. The molecule has 1 N–H and O–H groups in total. The predicted molar refractivity (Wildman–Crippen MR) is 65.7 cm³/mol. The molecule has 3 nitrogen and oxygen atoms in total. The van der Waals surface area contributed by atoms with Crippen molar-refractivity contribution in [1.82, 2.24) is 4.90 Å². The number of likely N-dealkylation sites (N-methyl/N-ethyl adjacent to an activating group) is 1. The minimum Gasteiger partial charge on any atom is -0.508 e. The van der Waals surface area contributed by atoms with E-state index in [9.17, 15) is 5.11 Å². The molecule has 0 radical (unpaired) electrons. The van der Waals surface area contributed by atoms with E-state index in [-0.39, 0.29) is 0 Å². The molecule has 0 heterocycles. The number of hydrogen-bond donors (Lipinski definition) is 1. The maximum atomic E-state index is 9.70. The summed E-state index contributed by atoms with van der Waals surface area (Å²) in [6.07, 6.45) is 0. The van der Waals surface area contributed by atoms with Crippen molar-refractivity contribution in [3.63, 3.8) is 0 Å². The zero-order valence-electron chi connectivity index (χ0n) is 10.4. The molecule has 0 spiro atoms. The molecule has 0 aromatic heterocycles. The maximum Gasteiger partial charge on any atom is 0.120 e. The van der Waals surface area contributed by atoms with Crippen molar-refractivity contribution in [3.8, 4) is 5.75 Å². The number of ether oxygens (including phenoxy) is 1. The largest absolute Gasteiger partial charge is 0.508 e. The first-order valence-corrected chi connectivity index (χ1v) is 5.68. The monoisotopic (exact) mass is 223 g/mol. The van der Waals surface area contributed by atoms with Crippen molar-refractivity contribution in [2.24, 2.45) is 0 Å². The van der Waals surface area contributed by atoms with Crippen LogP contribution in [-0.4, -0.2) is 36.8 Å². The molecule has 0 aliphatic carbocycles. The van der Waals surface area contributed by atoms with Crippen molar-refractivity contribution < 1.29 is 9.84 Å². The third-order valence-electron chi connectivity index (χ3n) is 2.50. The third-order valence-corrected chi connectivity index (χ3v) is 2.50. The number of nitrogens with zero attached hydrogens (tertiary/aromatic N) is 1. The van der Waals surface area contributed by atoms with Gasteiger partial charge in [0.15, 0.2) is 0 Å². The lowest BCUT2D eigenvalue weighted by Crippen LogP contribution is -2.22. The molecule has 0 atom stereocenters. The van der Waals surface area contributed by atoms with E-state index in [2.05, 4.69) is 4.90 Å². The predicted octanol–water partition coefficient (Wildman–Crippen LogP) is 2.17. The fourth-order valence-corrected chi connectivity index (χ4v) is 1.58. The quantitative estimate of drug-likeness (QED) is 0.750. The average Bonchev–Trinajstić information content (AvgIpc) is 2.24. The third kappa shape index (κ3) is 4.21. The van der Waals surface area contributed by atoms with Crippen LogP contribution in [0, 0.1) is 6.92 Å². The molecule has 0 saturated heterocycles. The molecule has 0 unspecified atom stereocenters. The van der Waals surface area contributed by atoms with Gasteiger partial charge in [0, 0.05) is 25.3 Å². The van der Waals surface area contributed by atoms with Gasteiger partial charge in [-0.3, -0.25) is 4.90 Å². The van der Waals surface area contributed by atoms with Gasteiger partial charge >= 0.3 is 0 Å². The van der Waals surface area contributed by atoms with Gasteiger partial charge in [0.25, 0.3) is 0 Å². The van der Waals surface area contributed by atoms with Crippen LogP contribution < -0.4 is 0 Å². The van der Waals surface area contributed by atoms with Crippen LogP contribution in [0.15, 0.2) is 18.2 Å². The van der Waals surface area contributed by atoms with Crippen molar-refractivity contribution >= 4 is 0 Å². The first kappa shape index (κ1) is 13.0. The summed E-state index contributed by atoms with van der Waals surface area (Å²) in [5.74, 6) is 0.369. The number of hydrogen-bond acceptors (Lipinski definition) is 3. The molecule has 0 aliphatic heterocycles. The van der Waals surface area contributed by atoms with Crippen LogP contribution in [0.1, 0.15) is 18.1 Å². The van der Waals surface area contributed by atoms with Gasteiger partial charge in [0.05, 0.1) is 6.61 Å². The Morgan fingerprint density at radius 3 is 2.81 bits per heavy atom. The van der Waals surface area contributed by atoms with Gasteiger partial charge in [0.1, 0.15) is 5.75 Å². The van der Waals surface area contributed by atoms with E-state index >= 15 is 0 Å². The topological polar surface area (TPSA) is 32.7 Å². The van der Waals surface area contributed by atoms with Crippen LogP contribution in [-0.2, 0) is 11.3 Å². The zero-order chi connectivity index (χ0) is 12.0. The van der Waals surface area contributed by atoms with E-state index in [1.807, 2.05) is 33.0 Å². The Kier molecular flexibility index (Phi) is 5.29. The van der Waals surface area contributed by atoms with Crippen molar-refractivity contribution in [2.45, 2.75) is 20.4 Å². The Morgan fingerprint density at radius 2 is 2.12 bits per heavy atom. The van der Waals surface area contributed by atoms with Crippen LogP contribution >= 0.6 is 0 Å². The van der Waals surface area contributed by atoms with Crippen molar-refractivity contribution in [3.05, 3.63) is 29.3 Å². The molecule has 0 fully saturated rings. The van der Waals surface area contributed by atoms with Gasteiger partial charge in [-0.2, -0.15) is 0 Å². The SMILES string of the molecule is CCOCCN(C)Cc1cc(C)ccc1O. The number of phenols is 1. The van der Waals surface area contributed by atoms with E-state index in [1.54, 1.807) is 6.07 Å². The Morgan fingerprint density at radius 1 is 1.38 bits per heavy atom. The summed E-state index contributed by atoms with van der Waals surface area (Å²) < 4.78 is 5.29. The molecule has 0 saturated carbocycles. The Hall–Kier alpha value is -1.06. The summed E-state index contributed by atoms with van der Waals surface area (Å²) in [5.41, 5.74) is 2.14. The molecule has 3 heteroatoms. The highest BCUT2D eigenvalue weighted by molar-refractivity contribution is 5.35. The Labute approximate surface area is 97.7 Å². The van der Waals surface area contributed by atoms with Gasteiger partial charge in [0.2, 0.25) is 0 Å². The van der Waals surface area contributed by atoms with Gasteiger partial charge in [-0.05, 0) is 27.0 Å². The highest BCUT2D eigenvalue weighted by Gasteiger charge is 2.05. The van der Waals surface area contributed by atoms with Crippen LogP contribution in [0.4, 0.5) is 0 Å². The summed E-state index contributed by atoms with van der Waals surface area (Å²) in [4.78, 5) is 2.14. The smallest absolute Gasteiger partial charge is 0.120 e. The highest BCUT2D eigenvalue weighted by Crippen LogP contribution is 2.19. The van der Waals surface area contributed by atoms with Gasteiger partial charge < -0.3 is 9.84 Å². The summed E-state index contributed by atoms with van der Waals surface area (Å²) in [6.45, 7) is 7.14. The van der Waals surface area contributed by atoms with Crippen LogP contribution in [0.2, 0.25) is 0 Å². The number of aromatic hydroxyl groups is 1. The molecular formula is C13H21NO2. The molecule has 1 rings (SSSR count). The summed E-state index contributed by atoms with van der Waals surface area (Å²) in [6, 6.07) is 5.69. The lowest BCUT2D eigenvalue weighted by molar-refractivity contribution is 0.120. The first-order chi connectivity index (χ1) is 7.63. The normalized spacial score (nSPS) is 11.0. The molecule has 0 amide bonds. The highest BCUT2D eigenvalue weighted by atomic mass is 16.5. The van der Waals surface area contributed by atoms with Crippen LogP contribution in [0.3, 0.4) is 0 Å². The van der Waals surface area contributed by atoms with Crippen LogP contribution in [0.5, 0.6) is 5.75 Å². The first-order valence-electron chi connectivity index (χ1n) is 5.68. The zero-order valence-corrected chi connectivity index (χ0v) is 10.4. The van der Waals surface area contributed by atoms with Crippen molar-refractivity contribution in [2.75, 3.05) is 26.8 Å². The van der Waals surface area contributed by atoms with Gasteiger partial charge in [-0.15, -0.1) is 0 Å². The summed E-state index contributed by atoms with van der Waals surface area (Å²) >= 11 is 0. The minimum atomic E-state index is 0.369. The fraction of sp³-hybridized carbons (Fsp3) is 0.538. The Bertz CT molecular complexity index is 326. The molecule has 16 heavy (non-hydrogen) atoms. The summed E-state index contributed by atoms with van der Waals surface area (Å²) in [5, 5.41) is 9.70. The number of aryl methyl sites for hydroxylation is 1. The molecular weight excluding hydrogens is 202 g/mol. The van der Waals surface area contributed by atoms with Crippen LogP contribution in [0.25, 0.3) is 0 Å².